The van der Waals surface area contributed by atoms with Crippen LogP contribution in [0.4, 0.5) is 0 Å². The molecular weight excluding hydrogens is 276 g/mol. The molecule has 2 atom stereocenters. The minimum Gasteiger partial charge on any atom is -0.504 e. The summed E-state index contributed by atoms with van der Waals surface area (Å²) in [7, 11) is 1.49. The van der Waals surface area contributed by atoms with Crippen LogP contribution in [0.1, 0.15) is 12.0 Å². The zero-order chi connectivity index (χ0) is 15.8. The lowest BCUT2D eigenvalue weighted by molar-refractivity contribution is -0.122. The molecule has 7 heteroatoms. The number of methoxy groups -OCH3 is 1. The van der Waals surface area contributed by atoms with E-state index in [9.17, 15) is 20.1 Å². The van der Waals surface area contributed by atoms with Gasteiger partial charge in [-0.05, 0) is 30.5 Å². The fourth-order valence-corrected chi connectivity index (χ4v) is 1.81. The molecule has 0 heterocycles. The van der Waals surface area contributed by atoms with Crippen LogP contribution >= 0.6 is 0 Å². The molecular formula is C14H22N2O5. The topological polar surface area (TPSA) is 125 Å². The van der Waals surface area contributed by atoms with Gasteiger partial charge < -0.3 is 31.1 Å². The van der Waals surface area contributed by atoms with Crippen LogP contribution in [0.25, 0.3) is 0 Å². The van der Waals surface area contributed by atoms with Crippen molar-refractivity contribution in [3.63, 3.8) is 0 Å². The molecule has 1 unspecified atom stereocenters. The monoisotopic (exact) mass is 298 g/mol. The molecule has 21 heavy (non-hydrogen) atoms. The van der Waals surface area contributed by atoms with Crippen LogP contribution in [0.3, 0.4) is 0 Å². The first-order valence-corrected chi connectivity index (χ1v) is 6.65. The molecule has 118 valence electrons. The lowest BCUT2D eigenvalue weighted by Gasteiger charge is -2.14. The van der Waals surface area contributed by atoms with Crippen LogP contribution in [0.2, 0.25) is 0 Å². The lowest BCUT2D eigenvalue weighted by atomic mass is 10.1. The highest BCUT2D eigenvalue weighted by molar-refractivity contribution is 5.81. The summed E-state index contributed by atoms with van der Waals surface area (Å²) in [6, 6.07) is 3.53. The van der Waals surface area contributed by atoms with E-state index in [1.807, 2.05) is 0 Å². The Hall–Kier alpha value is -1.83. The van der Waals surface area contributed by atoms with Crippen molar-refractivity contribution in [1.29, 1.82) is 0 Å². The molecule has 6 N–H and O–H groups in total. The smallest absolute Gasteiger partial charge is 0.237 e. The summed E-state index contributed by atoms with van der Waals surface area (Å²) in [5.74, 6) is -0.807. The normalized spacial score (nSPS) is 13.7. The Morgan fingerprint density at radius 1 is 1.38 bits per heavy atom. The summed E-state index contributed by atoms with van der Waals surface area (Å²) in [6.45, 7) is 0.520. The number of aliphatic hydroxyl groups is 1. The molecule has 0 saturated carbocycles. The van der Waals surface area contributed by atoms with Crippen LogP contribution in [0, 0.1) is 0 Å². The molecule has 0 saturated heterocycles. The van der Waals surface area contributed by atoms with E-state index in [1.165, 1.54) is 19.2 Å². The molecule has 0 fully saturated rings. The summed E-state index contributed by atoms with van der Waals surface area (Å²) in [5.41, 5.74) is 6.42. The third-order valence-electron chi connectivity index (χ3n) is 2.97. The minimum absolute atomic E-state index is 0.217. The van der Waals surface area contributed by atoms with Crippen molar-refractivity contribution < 1.29 is 24.9 Å². The number of phenols is 2. The second kappa shape index (κ2) is 8.46. The lowest BCUT2D eigenvalue weighted by Crippen LogP contribution is -2.43. The maximum atomic E-state index is 11.8. The van der Waals surface area contributed by atoms with Crippen LogP contribution in [-0.2, 0) is 16.0 Å². The SMILES string of the molecule is COCC(O)CCNC(=O)[C@@H](N)Cc1ccc(O)c(O)c1. The number of benzene rings is 1. The summed E-state index contributed by atoms with van der Waals surface area (Å²) in [5, 5.41) is 30.6. The summed E-state index contributed by atoms with van der Waals surface area (Å²) in [4.78, 5) is 11.8. The zero-order valence-corrected chi connectivity index (χ0v) is 12.0. The first-order chi connectivity index (χ1) is 9.93. The van der Waals surface area contributed by atoms with Gasteiger partial charge in [-0.3, -0.25) is 4.79 Å². The van der Waals surface area contributed by atoms with E-state index >= 15 is 0 Å². The van der Waals surface area contributed by atoms with Gasteiger partial charge in [-0.2, -0.15) is 0 Å². The molecule has 0 bridgehead atoms. The van der Waals surface area contributed by atoms with Crippen LogP contribution < -0.4 is 11.1 Å². The van der Waals surface area contributed by atoms with Gasteiger partial charge in [0.2, 0.25) is 5.91 Å². The minimum atomic E-state index is -0.770. The molecule has 0 aliphatic carbocycles. The highest BCUT2D eigenvalue weighted by Crippen LogP contribution is 2.25. The van der Waals surface area contributed by atoms with Gasteiger partial charge in [0.25, 0.3) is 0 Å². The second-order valence-electron chi connectivity index (χ2n) is 4.82. The van der Waals surface area contributed by atoms with E-state index in [4.69, 9.17) is 10.5 Å². The largest absolute Gasteiger partial charge is 0.504 e. The number of nitrogens with two attached hydrogens (primary N) is 1. The number of hydrogen-bond acceptors (Lipinski definition) is 6. The van der Waals surface area contributed by atoms with E-state index < -0.39 is 12.1 Å². The van der Waals surface area contributed by atoms with Crippen molar-refractivity contribution >= 4 is 5.91 Å². The molecule has 0 aliphatic heterocycles. The number of hydrogen-bond donors (Lipinski definition) is 5. The fourth-order valence-electron chi connectivity index (χ4n) is 1.81. The van der Waals surface area contributed by atoms with E-state index in [0.717, 1.165) is 0 Å². The van der Waals surface area contributed by atoms with Crippen LogP contribution in [0.5, 0.6) is 11.5 Å². The summed E-state index contributed by atoms with van der Waals surface area (Å²) < 4.78 is 4.78. The highest BCUT2D eigenvalue weighted by atomic mass is 16.5. The Bertz CT molecular complexity index is 467. The molecule has 1 amide bonds. The summed E-state index contributed by atoms with van der Waals surface area (Å²) in [6.07, 6.45) is -0.00682. The number of aromatic hydroxyl groups is 2. The molecule has 1 aromatic rings. The van der Waals surface area contributed by atoms with Crippen molar-refractivity contribution in [3.8, 4) is 11.5 Å². The van der Waals surface area contributed by atoms with Gasteiger partial charge in [0.15, 0.2) is 11.5 Å². The highest BCUT2D eigenvalue weighted by Gasteiger charge is 2.15. The predicted octanol–water partition coefficient (Wildman–Crippen LogP) is -0.519. The Balaban J connectivity index is 2.38. The number of phenolic OH excluding ortho intramolecular Hbond substituents is 2. The Kier molecular flexibility index (Phi) is 6.93. The molecule has 1 aromatic carbocycles. The Labute approximate surface area is 123 Å². The second-order valence-corrected chi connectivity index (χ2v) is 4.82. The molecule has 0 aliphatic rings. The van der Waals surface area contributed by atoms with Gasteiger partial charge in [0, 0.05) is 13.7 Å². The number of nitrogens with one attached hydrogen (secondary N) is 1. The van der Waals surface area contributed by atoms with Crippen LogP contribution in [-0.4, -0.2) is 53.6 Å². The molecule has 0 radical (unpaired) electrons. The van der Waals surface area contributed by atoms with E-state index in [1.54, 1.807) is 6.07 Å². The van der Waals surface area contributed by atoms with Gasteiger partial charge in [-0.1, -0.05) is 6.07 Å². The molecule has 0 spiro atoms. The maximum Gasteiger partial charge on any atom is 0.237 e. The number of ether oxygens (including phenoxy) is 1. The average Bonchev–Trinajstić information content (AvgIpc) is 2.43. The zero-order valence-electron chi connectivity index (χ0n) is 12.0. The van der Waals surface area contributed by atoms with Gasteiger partial charge in [0.05, 0.1) is 18.8 Å². The quantitative estimate of drug-likeness (QED) is 0.411. The standard InChI is InChI=1S/C14H22N2O5/c1-21-8-10(17)4-5-16-14(20)11(15)6-9-2-3-12(18)13(19)7-9/h2-3,7,10-11,17-19H,4-6,8,15H2,1H3,(H,16,20)/t10?,11-/m0/s1. The third-order valence-corrected chi connectivity index (χ3v) is 2.97. The molecule has 7 nitrogen and oxygen atoms in total. The number of rotatable bonds is 8. The first-order valence-electron chi connectivity index (χ1n) is 6.65. The maximum absolute atomic E-state index is 11.8. The number of aliphatic hydroxyl groups excluding tert-OH is 1. The van der Waals surface area contributed by atoms with Gasteiger partial charge in [0.1, 0.15) is 0 Å². The molecule has 1 rings (SSSR count). The fraction of sp³-hybridized carbons (Fsp3) is 0.500. The predicted molar refractivity (Wildman–Crippen MR) is 77.0 cm³/mol. The Morgan fingerprint density at radius 2 is 2.10 bits per heavy atom. The summed E-state index contributed by atoms with van der Waals surface area (Å²) >= 11 is 0. The third kappa shape index (κ3) is 5.99. The van der Waals surface area contributed by atoms with E-state index in [0.29, 0.717) is 18.5 Å². The van der Waals surface area contributed by atoms with E-state index in [2.05, 4.69) is 5.32 Å². The van der Waals surface area contributed by atoms with Crippen LogP contribution in [0.15, 0.2) is 18.2 Å². The van der Waals surface area contributed by atoms with Gasteiger partial charge >= 0.3 is 0 Å². The average molecular weight is 298 g/mol. The van der Waals surface area contributed by atoms with Gasteiger partial charge in [-0.15, -0.1) is 0 Å². The number of amides is 1. The van der Waals surface area contributed by atoms with Crippen molar-refractivity contribution in [2.24, 2.45) is 5.73 Å². The first kappa shape index (κ1) is 17.2. The van der Waals surface area contributed by atoms with Crippen molar-refractivity contribution in [1.82, 2.24) is 5.32 Å². The van der Waals surface area contributed by atoms with Crippen molar-refractivity contribution in [3.05, 3.63) is 23.8 Å². The Morgan fingerprint density at radius 3 is 2.71 bits per heavy atom. The number of carbonyl (C=O) groups excluding carboxylic acids is 1. The van der Waals surface area contributed by atoms with Crippen molar-refractivity contribution in [2.75, 3.05) is 20.3 Å². The van der Waals surface area contributed by atoms with E-state index in [-0.39, 0.29) is 30.4 Å². The number of carbonyl (C=O) groups is 1. The van der Waals surface area contributed by atoms with Crippen molar-refractivity contribution in [2.45, 2.75) is 25.0 Å². The molecule has 0 aromatic heterocycles. The van der Waals surface area contributed by atoms with Gasteiger partial charge in [-0.25, -0.2) is 0 Å².